The standard InChI is InChI=1S/C24H22ClN3O/c1-24(18-7-3-2-4-8-18,28-14-13-17-11-12-22(25)27-15-17)23(29)20-16-26-21-10-6-5-9-19(20)21/h2-12,15-16,26,28H,13-14H2,1H3/t24-/m0/s1. The molecule has 0 aliphatic rings. The van der Waals surface area contributed by atoms with Gasteiger partial charge in [0, 0.05) is 35.4 Å². The maximum Gasteiger partial charge on any atom is 0.189 e. The molecule has 4 aromatic rings. The Labute approximate surface area is 174 Å². The van der Waals surface area contributed by atoms with E-state index in [9.17, 15) is 4.79 Å². The van der Waals surface area contributed by atoms with Crippen molar-refractivity contribution < 1.29 is 4.79 Å². The van der Waals surface area contributed by atoms with Gasteiger partial charge in [-0.25, -0.2) is 4.98 Å². The number of benzene rings is 2. The molecule has 0 aliphatic carbocycles. The average molecular weight is 404 g/mol. The molecule has 2 aromatic heterocycles. The molecule has 0 unspecified atom stereocenters. The molecular formula is C24H22ClN3O. The van der Waals surface area contributed by atoms with Crippen LogP contribution in [-0.2, 0) is 12.0 Å². The first-order valence-corrected chi connectivity index (χ1v) is 9.97. The molecule has 2 aromatic carbocycles. The van der Waals surface area contributed by atoms with Crippen LogP contribution in [0.3, 0.4) is 0 Å². The van der Waals surface area contributed by atoms with Gasteiger partial charge in [0.2, 0.25) is 0 Å². The number of hydrogen-bond acceptors (Lipinski definition) is 3. The number of fused-ring (bicyclic) bond motifs is 1. The summed E-state index contributed by atoms with van der Waals surface area (Å²) in [7, 11) is 0. The second kappa shape index (κ2) is 8.19. The van der Waals surface area contributed by atoms with Gasteiger partial charge in [0.15, 0.2) is 5.78 Å². The fraction of sp³-hybridized carbons (Fsp3) is 0.167. The van der Waals surface area contributed by atoms with Crippen molar-refractivity contribution in [3.8, 4) is 0 Å². The molecule has 0 aliphatic heterocycles. The normalized spacial score (nSPS) is 13.3. The number of para-hydroxylation sites is 1. The first kappa shape index (κ1) is 19.4. The van der Waals surface area contributed by atoms with Crippen molar-refractivity contribution in [2.45, 2.75) is 18.9 Å². The lowest BCUT2D eigenvalue weighted by Crippen LogP contribution is -2.47. The Bertz CT molecular complexity index is 1120. The molecule has 2 N–H and O–H groups in total. The number of halogens is 1. The van der Waals surface area contributed by atoms with E-state index in [0.29, 0.717) is 17.3 Å². The topological polar surface area (TPSA) is 57.8 Å². The molecule has 0 saturated carbocycles. The lowest BCUT2D eigenvalue weighted by molar-refractivity contribution is 0.0866. The number of carbonyl (C=O) groups is 1. The molecular weight excluding hydrogens is 382 g/mol. The molecule has 0 fully saturated rings. The summed E-state index contributed by atoms with van der Waals surface area (Å²) in [5.74, 6) is 0.0374. The summed E-state index contributed by atoms with van der Waals surface area (Å²) in [6.45, 7) is 2.58. The molecule has 0 radical (unpaired) electrons. The Balaban J connectivity index is 1.63. The van der Waals surface area contributed by atoms with E-state index in [1.165, 1.54) is 0 Å². The average Bonchev–Trinajstić information content (AvgIpc) is 3.19. The summed E-state index contributed by atoms with van der Waals surface area (Å²) in [6.07, 6.45) is 4.32. The number of ketones is 1. The molecule has 0 amide bonds. The van der Waals surface area contributed by atoms with E-state index < -0.39 is 5.54 Å². The van der Waals surface area contributed by atoms with Gasteiger partial charge in [-0.15, -0.1) is 0 Å². The highest BCUT2D eigenvalue weighted by atomic mass is 35.5. The van der Waals surface area contributed by atoms with E-state index >= 15 is 0 Å². The van der Waals surface area contributed by atoms with Gasteiger partial charge in [0.1, 0.15) is 10.7 Å². The van der Waals surface area contributed by atoms with Gasteiger partial charge < -0.3 is 10.3 Å². The smallest absolute Gasteiger partial charge is 0.189 e. The van der Waals surface area contributed by atoms with E-state index in [2.05, 4.69) is 15.3 Å². The minimum absolute atomic E-state index is 0.0374. The number of hydrogen-bond donors (Lipinski definition) is 2. The van der Waals surface area contributed by atoms with Crippen LogP contribution >= 0.6 is 11.6 Å². The highest BCUT2D eigenvalue weighted by molar-refractivity contribution is 6.29. The maximum absolute atomic E-state index is 13.7. The van der Waals surface area contributed by atoms with Crippen molar-refractivity contribution >= 4 is 28.3 Å². The Morgan fingerprint density at radius 3 is 2.59 bits per heavy atom. The zero-order chi connectivity index (χ0) is 20.3. The van der Waals surface area contributed by atoms with Gasteiger partial charge in [-0.1, -0.05) is 66.2 Å². The van der Waals surface area contributed by atoms with Crippen LogP contribution in [0.4, 0.5) is 0 Å². The van der Waals surface area contributed by atoms with Gasteiger partial charge in [-0.3, -0.25) is 4.79 Å². The molecule has 0 spiro atoms. The first-order valence-electron chi connectivity index (χ1n) is 9.60. The van der Waals surface area contributed by atoms with Crippen molar-refractivity contribution in [1.29, 1.82) is 0 Å². The molecule has 5 heteroatoms. The minimum atomic E-state index is -0.855. The number of rotatable bonds is 7. The lowest BCUT2D eigenvalue weighted by atomic mass is 9.84. The van der Waals surface area contributed by atoms with Crippen LogP contribution in [0.1, 0.15) is 28.4 Å². The largest absolute Gasteiger partial charge is 0.360 e. The monoisotopic (exact) mass is 403 g/mol. The Kier molecular flexibility index (Phi) is 5.47. The molecule has 29 heavy (non-hydrogen) atoms. The van der Waals surface area contributed by atoms with Crippen molar-refractivity contribution in [2.75, 3.05) is 6.54 Å². The van der Waals surface area contributed by atoms with E-state index in [-0.39, 0.29) is 5.78 Å². The van der Waals surface area contributed by atoms with E-state index in [1.807, 2.05) is 67.6 Å². The summed E-state index contributed by atoms with van der Waals surface area (Å²) < 4.78 is 0. The zero-order valence-corrected chi connectivity index (χ0v) is 16.9. The molecule has 146 valence electrons. The molecule has 4 rings (SSSR count). The van der Waals surface area contributed by atoms with Crippen LogP contribution in [0.25, 0.3) is 10.9 Å². The number of pyridine rings is 1. The third-order valence-electron chi connectivity index (χ3n) is 5.32. The third kappa shape index (κ3) is 3.95. The summed E-state index contributed by atoms with van der Waals surface area (Å²) in [4.78, 5) is 21.1. The van der Waals surface area contributed by atoms with Crippen LogP contribution in [0, 0.1) is 0 Å². The maximum atomic E-state index is 13.7. The number of H-pyrrole nitrogens is 1. The second-order valence-corrected chi connectivity index (χ2v) is 7.62. The molecule has 0 bridgehead atoms. The van der Waals surface area contributed by atoms with Gasteiger partial charge in [-0.05, 0) is 36.6 Å². The Hall–Kier alpha value is -2.95. The highest BCUT2D eigenvalue weighted by Gasteiger charge is 2.36. The third-order valence-corrected chi connectivity index (χ3v) is 5.54. The van der Waals surface area contributed by atoms with Crippen molar-refractivity contribution in [3.05, 3.63) is 101 Å². The van der Waals surface area contributed by atoms with Crippen molar-refractivity contribution in [1.82, 2.24) is 15.3 Å². The van der Waals surface area contributed by atoms with E-state index in [0.717, 1.165) is 28.5 Å². The number of nitrogens with zero attached hydrogens (tertiary/aromatic N) is 1. The molecule has 2 heterocycles. The van der Waals surface area contributed by atoms with E-state index in [4.69, 9.17) is 11.6 Å². The number of aromatic amines is 1. The number of Topliss-reactive ketones (excluding diaryl/α,β-unsaturated/α-hetero) is 1. The van der Waals surface area contributed by atoms with Gasteiger partial charge in [0.05, 0.1) is 0 Å². The summed E-state index contributed by atoms with van der Waals surface area (Å²) in [6, 6.07) is 21.5. The lowest BCUT2D eigenvalue weighted by Gasteiger charge is -2.30. The number of nitrogens with one attached hydrogen (secondary N) is 2. The van der Waals surface area contributed by atoms with Gasteiger partial charge in [-0.2, -0.15) is 0 Å². The molecule has 4 nitrogen and oxygen atoms in total. The Morgan fingerprint density at radius 1 is 1.07 bits per heavy atom. The summed E-state index contributed by atoms with van der Waals surface area (Å²) in [5.41, 5.74) is 2.79. The summed E-state index contributed by atoms with van der Waals surface area (Å²) >= 11 is 5.87. The SMILES string of the molecule is C[C@@](NCCc1ccc(Cl)nc1)(C(=O)c1c[nH]c2ccccc12)c1ccccc1. The van der Waals surface area contributed by atoms with Crippen LogP contribution < -0.4 is 5.32 Å². The highest BCUT2D eigenvalue weighted by Crippen LogP contribution is 2.29. The van der Waals surface area contributed by atoms with Crippen LogP contribution in [-0.4, -0.2) is 22.3 Å². The summed E-state index contributed by atoms with van der Waals surface area (Å²) in [5, 5.41) is 4.91. The molecule has 0 saturated heterocycles. The fourth-order valence-electron chi connectivity index (χ4n) is 3.62. The fourth-order valence-corrected chi connectivity index (χ4v) is 3.74. The number of aromatic nitrogens is 2. The molecule has 1 atom stereocenters. The zero-order valence-electron chi connectivity index (χ0n) is 16.2. The predicted octanol–water partition coefficient (Wildman–Crippen LogP) is 5.15. The number of carbonyl (C=O) groups excluding carboxylic acids is 1. The quantitative estimate of drug-likeness (QED) is 0.331. The first-order chi connectivity index (χ1) is 14.1. The van der Waals surface area contributed by atoms with Crippen LogP contribution in [0.5, 0.6) is 0 Å². The predicted molar refractivity (Wildman–Crippen MR) is 117 cm³/mol. The van der Waals surface area contributed by atoms with Crippen LogP contribution in [0.2, 0.25) is 5.15 Å². The second-order valence-electron chi connectivity index (χ2n) is 7.23. The van der Waals surface area contributed by atoms with Crippen molar-refractivity contribution in [2.24, 2.45) is 0 Å². The van der Waals surface area contributed by atoms with Gasteiger partial charge >= 0.3 is 0 Å². The van der Waals surface area contributed by atoms with Gasteiger partial charge in [0.25, 0.3) is 0 Å². The van der Waals surface area contributed by atoms with Crippen molar-refractivity contribution in [3.63, 3.8) is 0 Å². The van der Waals surface area contributed by atoms with E-state index in [1.54, 1.807) is 18.5 Å². The minimum Gasteiger partial charge on any atom is -0.360 e. The Morgan fingerprint density at radius 2 is 1.83 bits per heavy atom. The van der Waals surface area contributed by atoms with Crippen LogP contribution in [0.15, 0.2) is 79.1 Å².